The lowest BCUT2D eigenvalue weighted by Crippen LogP contribution is -2.35. The van der Waals surface area contributed by atoms with E-state index in [0.29, 0.717) is 23.6 Å². The first kappa shape index (κ1) is 15.2. The summed E-state index contributed by atoms with van der Waals surface area (Å²) in [5.41, 5.74) is 7.32. The first-order valence-electron chi connectivity index (χ1n) is 7.15. The van der Waals surface area contributed by atoms with Crippen LogP contribution in [0.5, 0.6) is 0 Å². The highest BCUT2D eigenvalue weighted by Crippen LogP contribution is 2.33. The number of nitrogens with two attached hydrogens (primary N) is 1. The third-order valence-corrected chi connectivity index (χ3v) is 5.61. The number of rotatable bonds is 3. The summed E-state index contributed by atoms with van der Waals surface area (Å²) in [5.74, 6) is 1.30. The van der Waals surface area contributed by atoms with Crippen LogP contribution in [0.15, 0.2) is 23.1 Å². The predicted molar refractivity (Wildman–Crippen MR) is 83.6 cm³/mol. The predicted octanol–water partition coefficient (Wildman–Crippen LogP) is 2.91. The molecule has 1 aromatic rings. The summed E-state index contributed by atoms with van der Waals surface area (Å²) in [5, 5.41) is 3.49. The normalized spacial score (nSPS) is 27.2. The maximum atomic E-state index is 11.5. The Kier molecular flexibility index (Phi) is 4.28. The van der Waals surface area contributed by atoms with Crippen molar-refractivity contribution in [1.82, 2.24) is 0 Å². The topological polar surface area (TPSA) is 72.2 Å². The summed E-state index contributed by atoms with van der Waals surface area (Å²) in [7, 11) is -3.20. The molecule has 1 fully saturated rings. The highest BCUT2D eigenvalue weighted by molar-refractivity contribution is 7.90. The van der Waals surface area contributed by atoms with Gasteiger partial charge in [0, 0.05) is 12.3 Å². The zero-order chi connectivity index (χ0) is 14.9. The van der Waals surface area contributed by atoms with Crippen molar-refractivity contribution >= 4 is 21.2 Å². The summed E-state index contributed by atoms with van der Waals surface area (Å²) in [6.45, 7) is 4.55. The van der Waals surface area contributed by atoms with Crippen LogP contribution in [0.4, 0.5) is 11.4 Å². The van der Waals surface area contributed by atoms with Gasteiger partial charge in [-0.05, 0) is 36.5 Å². The Hall–Kier alpha value is -1.23. The lowest BCUT2D eigenvalue weighted by molar-refractivity contribution is 0.253. The molecule has 1 aliphatic rings. The largest absolute Gasteiger partial charge is 0.397 e. The van der Waals surface area contributed by atoms with E-state index >= 15 is 0 Å². The minimum atomic E-state index is -3.20. The zero-order valence-corrected chi connectivity index (χ0v) is 13.2. The van der Waals surface area contributed by atoms with Gasteiger partial charge in [-0.1, -0.05) is 26.7 Å². The molecule has 4 nitrogen and oxygen atoms in total. The molecule has 20 heavy (non-hydrogen) atoms. The second-order valence-corrected chi connectivity index (χ2v) is 8.06. The molecule has 3 atom stereocenters. The van der Waals surface area contributed by atoms with Crippen LogP contribution in [0.3, 0.4) is 0 Å². The number of benzene rings is 1. The first-order valence-corrected chi connectivity index (χ1v) is 9.04. The molecule has 0 spiro atoms. The maximum Gasteiger partial charge on any atom is 0.175 e. The van der Waals surface area contributed by atoms with E-state index < -0.39 is 9.84 Å². The number of anilines is 2. The second kappa shape index (κ2) is 5.64. The molecule has 2 rings (SSSR count). The summed E-state index contributed by atoms with van der Waals surface area (Å²) in [4.78, 5) is 0.269. The van der Waals surface area contributed by atoms with Gasteiger partial charge in [0.1, 0.15) is 0 Å². The molecule has 3 unspecified atom stereocenters. The van der Waals surface area contributed by atoms with E-state index in [1.165, 1.54) is 25.2 Å². The molecule has 0 bridgehead atoms. The Labute approximate surface area is 121 Å². The number of nitrogen functional groups attached to an aromatic ring is 1. The van der Waals surface area contributed by atoms with Crippen LogP contribution in [-0.4, -0.2) is 20.7 Å². The van der Waals surface area contributed by atoms with E-state index in [0.717, 1.165) is 12.1 Å². The van der Waals surface area contributed by atoms with Gasteiger partial charge in [-0.2, -0.15) is 0 Å². The van der Waals surface area contributed by atoms with Crippen molar-refractivity contribution in [1.29, 1.82) is 0 Å². The fourth-order valence-electron chi connectivity index (χ4n) is 2.89. The fraction of sp³-hybridized carbons (Fsp3) is 0.600. The monoisotopic (exact) mass is 296 g/mol. The molecule has 5 heteroatoms. The van der Waals surface area contributed by atoms with E-state index in [1.54, 1.807) is 12.1 Å². The first-order chi connectivity index (χ1) is 9.29. The summed E-state index contributed by atoms with van der Waals surface area (Å²) < 4.78 is 23.0. The molecule has 0 radical (unpaired) electrons. The highest BCUT2D eigenvalue weighted by atomic mass is 32.2. The Bertz CT molecular complexity index is 584. The van der Waals surface area contributed by atoms with Gasteiger partial charge in [-0.3, -0.25) is 0 Å². The number of hydrogen-bond donors (Lipinski definition) is 2. The Morgan fingerprint density at radius 1 is 1.25 bits per heavy atom. The van der Waals surface area contributed by atoms with E-state index in [9.17, 15) is 8.42 Å². The van der Waals surface area contributed by atoms with Crippen LogP contribution >= 0.6 is 0 Å². The van der Waals surface area contributed by atoms with Crippen LogP contribution in [0.2, 0.25) is 0 Å². The van der Waals surface area contributed by atoms with E-state index in [1.807, 2.05) is 0 Å². The molecular formula is C15H24N2O2S. The van der Waals surface area contributed by atoms with Crippen molar-refractivity contribution < 1.29 is 8.42 Å². The molecule has 0 saturated heterocycles. The SMILES string of the molecule is CC1CCCC(Nc2ccc(S(C)(=O)=O)cc2N)C1C. The number of sulfone groups is 1. The number of hydrogen-bond acceptors (Lipinski definition) is 4. The molecule has 1 aliphatic carbocycles. The van der Waals surface area contributed by atoms with Gasteiger partial charge in [0.2, 0.25) is 0 Å². The van der Waals surface area contributed by atoms with Crippen LogP contribution in [0, 0.1) is 11.8 Å². The quantitative estimate of drug-likeness (QED) is 0.841. The fourth-order valence-corrected chi connectivity index (χ4v) is 3.54. The van der Waals surface area contributed by atoms with Crippen molar-refractivity contribution in [3.05, 3.63) is 18.2 Å². The van der Waals surface area contributed by atoms with Crippen LogP contribution < -0.4 is 11.1 Å². The maximum absolute atomic E-state index is 11.5. The summed E-state index contributed by atoms with van der Waals surface area (Å²) >= 11 is 0. The Morgan fingerprint density at radius 3 is 2.55 bits per heavy atom. The van der Waals surface area contributed by atoms with Crippen molar-refractivity contribution in [2.24, 2.45) is 11.8 Å². The lowest BCUT2D eigenvalue weighted by atomic mass is 9.78. The molecule has 1 aromatic carbocycles. The average molecular weight is 296 g/mol. The summed E-state index contributed by atoms with van der Waals surface area (Å²) in [6.07, 6.45) is 4.84. The smallest absolute Gasteiger partial charge is 0.175 e. The van der Waals surface area contributed by atoms with Crippen LogP contribution in [-0.2, 0) is 9.84 Å². The lowest BCUT2D eigenvalue weighted by Gasteiger charge is -2.35. The van der Waals surface area contributed by atoms with Gasteiger partial charge >= 0.3 is 0 Å². The third kappa shape index (κ3) is 3.26. The molecule has 1 saturated carbocycles. The standard InChI is InChI=1S/C15H24N2O2S/c1-10-5-4-6-14(11(10)2)17-15-8-7-12(9-13(15)16)20(3,18)19/h7-11,14,17H,4-6,16H2,1-3H3. The highest BCUT2D eigenvalue weighted by Gasteiger charge is 2.27. The second-order valence-electron chi connectivity index (χ2n) is 6.04. The van der Waals surface area contributed by atoms with Gasteiger partial charge < -0.3 is 11.1 Å². The molecular weight excluding hydrogens is 272 g/mol. The van der Waals surface area contributed by atoms with E-state index in [4.69, 9.17) is 5.73 Å². The Balaban J connectivity index is 2.18. The summed E-state index contributed by atoms with van der Waals surface area (Å²) in [6, 6.07) is 5.34. The third-order valence-electron chi connectivity index (χ3n) is 4.50. The molecule has 112 valence electrons. The van der Waals surface area contributed by atoms with Gasteiger partial charge in [0.05, 0.1) is 16.3 Å². The van der Waals surface area contributed by atoms with Crippen LogP contribution in [0.25, 0.3) is 0 Å². The van der Waals surface area contributed by atoms with Crippen molar-refractivity contribution in [3.8, 4) is 0 Å². The van der Waals surface area contributed by atoms with Crippen molar-refractivity contribution in [2.75, 3.05) is 17.3 Å². The molecule has 0 amide bonds. The number of nitrogens with one attached hydrogen (secondary N) is 1. The van der Waals surface area contributed by atoms with Crippen molar-refractivity contribution in [2.45, 2.75) is 44.0 Å². The minimum Gasteiger partial charge on any atom is -0.397 e. The Morgan fingerprint density at radius 2 is 1.95 bits per heavy atom. The molecule has 0 heterocycles. The molecule has 3 N–H and O–H groups in total. The average Bonchev–Trinajstić information content (AvgIpc) is 2.36. The molecule has 0 aromatic heterocycles. The minimum absolute atomic E-state index is 0.269. The zero-order valence-electron chi connectivity index (χ0n) is 12.4. The van der Waals surface area contributed by atoms with E-state index in [-0.39, 0.29) is 4.90 Å². The van der Waals surface area contributed by atoms with Gasteiger partial charge in [-0.25, -0.2) is 8.42 Å². The molecule has 0 aliphatic heterocycles. The van der Waals surface area contributed by atoms with Crippen molar-refractivity contribution in [3.63, 3.8) is 0 Å². The van der Waals surface area contributed by atoms with Gasteiger partial charge in [-0.15, -0.1) is 0 Å². The van der Waals surface area contributed by atoms with E-state index in [2.05, 4.69) is 19.2 Å². The van der Waals surface area contributed by atoms with Crippen LogP contribution in [0.1, 0.15) is 33.1 Å². The van der Waals surface area contributed by atoms with Gasteiger partial charge in [0.15, 0.2) is 9.84 Å². The van der Waals surface area contributed by atoms with Gasteiger partial charge in [0.25, 0.3) is 0 Å².